The van der Waals surface area contributed by atoms with Crippen molar-refractivity contribution in [3.8, 4) is 5.75 Å². The second kappa shape index (κ2) is 9.30. The average molecular weight is 411 g/mol. The zero-order valence-electron chi connectivity index (χ0n) is 17.6. The molecule has 0 saturated carbocycles. The second-order valence-electron chi connectivity index (χ2n) is 7.78. The van der Waals surface area contributed by atoms with E-state index in [9.17, 15) is 0 Å². The van der Waals surface area contributed by atoms with Gasteiger partial charge in [0, 0.05) is 6.54 Å². The van der Waals surface area contributed by atoms with E-state index in [0.29, 0.717) is 0 Å². The van der Waals surface area contributed by atoms with Crippen LogP contribution in [0.4, 0.5) is 0 Å². The molecule has 0 amide bonds. The number of nitrogens with zero attached hydrogens (tertiary/aromatic N) is 1. The second-order valence-corrected chi connectivity index (χ2v) is 7.78. The van der Waals surface area contributed by atoms with Crippen LogP contribution in [0.15, 0.2) is 42.5 Å². The van der Waals surface area contributed by atoms with Crippen LogP contribution in [0.2, 0.25) is 0 Å². The minimum Gasteiger partial charge on any atom is -0.497 e. The summed E-state index contributed by atoms with van der Waals surface area (Å²) in [5.74, 6) is -2.67. The van der Waals surface area contributed by atoms with Crippen molar-refractivity contribution < 1.29 is 24.5 Å². The predicted octanol–water partition coefficient (Wildman–Crippen LogP) is 4.05. The molecule has 0 saturated heterocycles. The summed E-state index contributed by atoms with van der Waals surface area (Å²) in [6.45, 7) is 4.49. The minimum atomic E-state index is -1.82. The number of hydrogen-bond donors (Lipinski definition) is 2. The monoisotopic (exact) mass is 411 g/mol. The normalized spacial score (nSPS) is 19.8. The van der Waals surface area contributed by atoms with Crippen LogP contribution in [0, 0.1) is 0 Å². The zero-order chi connectivity index (χ0) is 21.7. The lowest BCUT2D eigenvalue weighted by Crippen LogP contribution is -2.42. The molecule has 2 aromatic rings. The van der Waals surface area contributed by atoms with Crippen LogP contribution in [0.5, 0.6) is 5.75 Å². The highest BCUT2D eigenvalue weighted by Gasteiger charge is 2.47. The van der Waals surface area contributed by atoms with E-state index >= 15 is 0 Å². The summed E-state index contributed by atoms with van der Waals surface area (Å²) in [6, 6.07) is 15.8. The number of carbonyl (C=O) groups is 2. The molecule has 4 rings (SSSR count). The molecular weight excluding hydrogens is 382 g/mol. The fourth-order valence-corrected chi connectivity index (χ4v) is 4.84. The summed E-state index contributed by atoms with van der Waals surface area (Å²) in [6.07, 6.45) is 6.18. The van der Waals surface area contributed by atoms with Crippen molar-refractivity contribution in [1.82, 2.24) is 4.90 Å². The van der Waals surface area contributed by atoms with Gasteiger partial charge in [0.1, 0.15) is 5.75 Å². The van der Waals surface area contributed by atoms with Gasteiger partial charge in [-0.3, -0.25) is 4.90 Å². The lowest BCUT2D eigenvalue weighted by atomic mass is 9.78. The lowest BCUT2D eigenvalue weighted by Gasteiger charge is -2.40. The van der Waals surface area contributed by atoms with Gasteiger partial charge in [0.25, 0.3) is 0 Å². The first-order valence-corrected chi connectivity index (χ1v) is 10.4. The highest BCUT2D eigenvalue weighted by atomic mass is 16.5. The van der Waals surface area contributed by atoms with Crippen LogP contribution in [-0.2, 0) is 28.1 Å². The Morgan fingerprint density at radius 3 is 2.43 bits per heavy atom. The Hall–Kier alpha value is -2.86. The van der Waals surface area contributed by atoms with Crippen LogP contribution >= 0.6 is 0 Å². The van der Waals surface area contributed by atoms with Gasteiger partial charge in [0.05, 0.1) is 12.6 Å². The van der Waals surface area contributed by atoms with Crippen molar-refractivity contribution in [3.63, 3.8) is 0 Å². The number of ether oxygens (including phenoxy) is 1. The largest absolute Gasteiger partial charge is 0.497 e. The third kappa shape index (κ3) is 4.05. The third-order valence-corrected chi connectivity index (χ3v) is 6.04. The number of carboxylic acids is 2. The van der Waals surface area contributed by atoms with E-state index in [2.05, 4.69) is 54.3 Å². The summed E-state index contributed by atoms with van der Waals surface area (Å²) in [5, 5.41) is 14.8. The minimum absolute atomic E-state index is 0.0347. The Kier molecular flexibility index (Phi) is 6.77. The third-order valence-electron chi connectivity index (χ3n) is 6.04. The molecule has 0 fully saturated rings. The first-order chi connectivity index (χ1) is 14.4. The Bertz CT molecular complexity index is 914. The summed E-state index contributed by atoms with van der Waals surface area (Å²) in [7, 11) is 1.77. The van der Waals surface area contributed by atoms with Gasteiger partial charge >= 0.3 is 11.9 Å². The quantitative estimate of drug-likeness (QED) is 0.741. The Balaban J connectivity index is 0.000000377. The molecule has 0 aromatic heterocycles. The number of rotatable bonds is 3. The van der Waals surface area contributed by atoms with Crippen LogP contribution in [0.3, 0.4) is 0 Å². The first-order valence-electron chi connectivity index (χ1n) is 10.4. The number of hydrogen-bond acceptors (Lipinski definition) is 4. The highest BCUT2D eigenvalue weighted by Crippen LogP contribution is 2.51. The predicted molar refractivity (Wildman–Crippen MR) is 114 cm³/mol. The molecule has 1 heterocycles. The molecule has 1 aliphatic carbocycles. The number of carboxylic acid groups (broad SMARTS) is 2. The molecule has 6 heteroatoms. The zero-order valence-corrected chi connectivity index (χ0v) is 17.6. The van der Waals surface area contributed by atoms with Crippen molar-refractivity contribution in [3.05, 3.63) is 64.7 Å². The topological polar surface area (TPSA) is 87.1 Å². The van der Waals surface area contributed by atoms with E-state index < -0.39 is 11.9 Å². The molecule has 30 heavy (non-hydrogen) atoms. The number of benzene rings is 2. The fraction of sp³-hybridized carbons (Fsp3) is 0.417. The summed E-state index contributed by atoms with van der Waals surface area (Å²) in [4.78, 5) is 20.9. The van der Waals surface area contributed by atoms with Crippen molar-refractivity contribution in [1.29, 1.82) is 0 Å². The van der Waals surface area contributed by atoms with Crippen LogP contribution < -0.4 is 4.74 Å². The van der Waals surface area contributed by atoms with Gasteiger partial charge in [0.15, 0.2) is 0 Å². The standard InChI is InChI=1S/C22H27NO.C2H2O4/c1-3-14-23-16-18-11-12-19(24-2)15-21(18)22(23)13-7-6-9-17-8-4-5-10-20(17)22;3-1(4)2(5)6/h4-5,8,10-12,15H,3,6-7,9,13-14,16H2,1-2H3;(H,3,4)(H,5,6). The van der Waals surface area contributed by atoms with Gasteiger partial charge in [0.2, 0.25) is 0 Å². The van der Waals surface area contributed by atoms with Gasteiger partial charge in [-0.15, -0.1) is 0 Å². The SMILES string of the molecule is CCCN1Cc2ccc(OC)cc2C12CCCCc1ccccc12.O=C(O)C(=O)O. The van der Waals surface area contributed by atoms with E-state index in [1.54, 1.807) is 7.11 Å². The Labute approximate surface area is 177 Å². The van der Waals surface area contributed by atoms with Gasteiger partial charge in [-0.05, 0) is 66.6 Å². The van der Waals surface area contributed by atoms with Crippen molar-refractivity contribution >= 4 is 11.9 Å². The van der Waals surface area contributed by atoms with Crippen molar-refractivity contribution in [2.45, 2.75) is 51.1 Å². The van der Waals surface area contributed by atoms with Gasteiger partial charge < -0.3 is 14.9 Å². The number of fused-ring (bicyclic) bond motifs is 4. The highest BCUT2D eigenvalue weighted by molar-refractivity contribution is 6.27. The van der Waals surface area contributed by atoms with E-state index in [0.717, 1.165) is 18.8 Å². The molecule has 1 unspecified atom stereocenters. The van der Waals surface area contributed by atoms with E-state index in [-0.39, 0.29) is 5.54 Å². The van der Waals surface area contributed by atoms with Gasteiger partial charge in [-0.2, -0.15) is 0 Å². The fourth-order valence-electron chi connectivity index (χ4n) is 4.84. The molecule has 160 valence electrons. The summed E-state index contributed by atoms with van der Waals surface area (Å²) in [5.41, 5.74) is 6.05. The van der Waals surface area contributed by atoms with E-state index in [1.165, 1.54) is 54.4 Å². The Morgan fingerprint density at radius 2 is 1.77 bits per heavy atom. The molecule has 2 N–H and O–H groups in total. The van der Waals surface area contributed by atoms with E-state index in [1.807, 2.05) is 0 Å². The maximum Gasteiger partial charge on any atom is 0.414 e. The van der Waals surface area contributed by atoms with Crippen LogP contribution in [0.1, 0.15) is 54.9 Å². The summed E-state index contributed by atoms with van der Waals surface area (Å²) >= 11 is 0. The van der Waals surface area contributed by atoms with Gasteiger partial charge in [-0.1, -0.05) is 43.7 Å². The smallest absolute Gasteiger partial charge is 0.414 e. The number of methoxy groups -OCH3 is 1. The molecular formula is C24H29NO5. The first kappa shape index (κ1) is 21.8. The molecule has 0 radical (unpaired) electrons. The average Bonchev–Trinajstić information content (AvgIpc) is 2.91. The molecule has 1 atom stereocenters. The molecule has 0 bridgehead atoms. The molecule has 1 spiro atoms. The van der Waals surface area contributed by atoms with E-state index in [4.69, 9.17) is 24.5 Å². The molecule has 6 nitrogen and oxygen atoms in total. The van der Waals surface area contributed by atoms with Crippen LogP contribution in [0.25, 0.3) is 0 Å². The Morgan fingerprint density at radius 1 is 1.03 bits per heavy atom. The number of aliphatic carboxylic acids is 2. The van der Waals surface area contributed by atoms with Crippen molar-refractivity contribution in [2.75, 3.05) is 13.7 Å². The van der Waals surface area contributed by atoms with Gasteiger partial charge in [-0.25, -0.2) is 9.59 Å². The maximum atomic E-state index is 9.10. The van der Waals surface area contributed by atoms with Crippen LogP contribution in [-0.4, -0.2) is 40.7 Å². The molecule has 2 aromatic carbocycles. The van der Waals surface area contributed by atoms with Crippen molar-refractivity contribution in [2.24, 2.45) is 0 Å². The lowest BCUT2D eigenvalue weighted by molar-refractivity contribution is -0.159. The number of aryl methyl sites for hydroxylation is 1. The summed E-state index contributed by atoms with van der Waals surface area (Å²) < 4.78 is 5.57. The molecule has 2 aliphatic rings. The maximum absolute atomic E-state index is 9.10. The molecule has 1 aliphatic heterocycles.